The smallest absolute Gasteiger partial charge is 0.410 e. The van der Waals surface area contributed by atoms with E-state index in [-0.39, 0.29) is 17.6 Å². The number of halogens is 2. The van der Waals surface area contributed by atoms with E-state index in [1.54, 1.807) is 17.9 Å². The number of amides is 3. The van der Waals surface area contributed by atoms with Crippen molar-refractivity contribution in [3.8, 4) is 5.69 Å². The fourth-order valence-corrected chi connectivity index (χ4v) is 4.39. The van der Waals surface area contributed by atoms with Crippen LogP contribution in [0, 0.1) is 13.8 Å². The monoisotopic (exact) mass is 583 g/mol. The maximum Gasteiger partial charge on any atom is 0.410 e. The molecular formula is C30H39F2N7O3. The fourth-order valence-electron chi connectivity index (χ4n) is 4.39. The molecule has 42 heavy (non-hydrogen) atoms. The summed E-state index contributed by atoms with van der Waals surface area (Å²) >= 11 is 0. The number of carbonyl (C=O) groups excluding carboxylic acids is 2. The van der Waals surface area contributed by atoms with Crippen LogP contribution in [-0.4, -0.2) is 76.9 Å². The number of piperazine rings is 1. The average Bonchev–Trinajstić information content (AvgIpc) is 3.37. The molecule has 1 aliphatic rings. The second-order valence-corrected chi connectivity index (χ2v) is 11.8. The van der Waals surface area contributed by atoms with E-state index in [4.69, 9.17) is 4.74 Å². The van der Waals surface area contributed by atoms with Gasteiger partial charge in [0.1, 0.15) is 30.6 Å². The van der Waals surface area contributed by atoms with Crippen LogP contribution in [0.3, 0.4) is 0 Å². The van der Waals surface area contributed by atoms with Crippen LogP contribution in [0.5, 0.6) is 0 Å². The zero-order valence-electron chi connectivity index (χ0n) is 25.0. The van der Waals surface area contributed by atoms with Gasteiger partial charge in [-0.2, -0.15) is 5.10 Å². The van der Waals surface area contributed by atoms with Crippen LogP contribution in [0.15, 0.2) is 42.5 Å². The molecule has 0 bridgehead atoms. The van der Waals surface area contributed by atoms with Gasteiger partial charge in [0.05, 0.1) is 28.2 Å². The molecule has 0 spiro atoms. The van der Waals surface area contributed by atoms with E-state index in [2.05, 4.69) is 25.6 Å². The molecule has 2 aromatic heterocycles. The van der Waals surface area contributed by atoms with Gasteiger partial charge >= 0.3 is 12.1 Å². The number of anilines is 3. The molecule has 1 aromatic carbocycles. The first kappa shape index (κ1) is 30.7. The summed E-state index contributed by atoms with van der Waals surface area (Å²) in [7, 11) is 0. The Hall–Kier alpha value is -4.22. The van der Waals surface area contributed by atoms with Crippen molar-refractivity contribution in [1.82, 2.24) is 19.7 Å². The summed E-state index contributed by atoms with van der Waals surface area (Å²) in [5, 5.41) is 10.0. The van der Waals surface area contributed by atoms with E-state index in [0.717, 1.165) is 11.4 Å². The molecule has 226 valence electrons. The van der Waals surface area contributed by atoms with E-state index in [1.807, 2.05) is 58.0 Å². The van der Waals surface area contributed by atoms with Gasteiger partial charge in [-0.15, -0.1) is 0 Å². The van der Waals surface area contributed by atoms with Gasteiger partial charge in [0.15, 0.2) is 0 Å². The number of hydrogen-bond acceptors (Lipinski definition) is 6. The Morgan fingerprint density at radius 2 is 1.57 bits per heavy atom. The van der Waals surface area contributed by atoms with Gasteiger partial charge in [-0.25, -0.2) is 28.0 Å². The van der Waals surface area contributed by atoms with Crippen LogP contribution in [-0.2, 0) is 10.2 Å². The summed E-state index contributed by atoms with van der Waals surface area (Å²) in [5.41, 5.74) is 0.988. The van der Waals surface area contributed by atoms with Crippen molar-refractivity contribution in [1.29, 1.82) is 0 Å². The maximum absolute atomic E-state index is 13.8. The van der Waals surface area contributed by atoms with Crippen molar-refractivity contribution >= 4 is 29.4 Å². The van der Waals surface area contributed by atoms with Crippen molar-refractivity contribution < 1.29 is 23.1 Å². The Bertz CT molecular complexity index is 1410. The third kappa shape index (κ3) is 7.15. The first-order chi connectivity index (χ1) is 19.8. The number of pyridine rings is 1. The number of benzene rings is 1. The molecule has 0 atom stereocenters. The second kappa shape index (κ2) is 12.3. The van der Waals surface area contributed by atoms with Crippen molar-refractivity contribution in [2.45, 2.75) is 52.6 Å². The van der Waals surface area contributed by atoms with Gasteiger partial charge in [-0.1, -0.05) is 17.7 Å². The Morgan fingerprint density at radius 3 is 2.14 bits per heavy atom. The molecule has 12 heteroatoms. The molecule has 2 N–H and O–H groups in total. The molecule has 3 heterocycles. The molecule has 4 rings (SSSR count). The molecule has 1 fully saturated rings. The number of aryl methyl sites for hydroxylation is 2. The molecule has 0 unspecified atom stereocenters. The number of rotatable bonds is 7. The highest BCUT2D eigenvalue weighted by Gasteiger charge is 2.32. The highest BCUT2D eigenvalue weighted by Crippen LogP contribution is 2.29. The molecule has 3 aromatic rings. The molecular weight excluding hydrogens is 544 g/mol. The van der Waals surface area contributed by atoms with Gasteiger partial charge in [-0.3, -0.25) is 5.32 Å². The molecule has 0 radical (unpaired) electrons. The van der Waals surface area contributed by atoms with Crippen LogP contribution >= 0.6 is 0 Å². The summed E-state index contributed by atoms with van der Waals surface area (Å²) in [5.74, 6) is 1.01. The van der Waals surface area contributed by atoms with Crippen LogP contribution in [0.25, 0.3) is 5.69 Å². The van der Waals surface area contributed by atoms with Crippen molar-refractivity contribution in [3.05, 3.63) is 59.4 Å². The largest absolute Gasteiger partial charge is 0.444 e. The minimum atomic E-state index is -1.43. The first-order valence-corrected chi connectivity index (χ1v) is 13.9. The number of carbonyl (C=O) groups is 2. The van der Waals surface area contributed by atoms with E-state index in [9.17, 15) is 18.4 Å². The summed E-state index contributed by atoms with van der Waals surface area (Å²) in [6.45, 7) is 11.1. The Kier molecular flexibility index (Phi) is 9.03. The number of urea groups is 1. The number of aromatic nitrogens is 3. The van der Waals surface area contributed by atoms with Crippen LogP contribution in [0.1, 0.15) is 44.6 Å². The van der Waals surface area contributed by atoms with E-state index in [0.29, 0.717) is 43.2 Å². The lowest BCUT2D eigenvalue weighted by Crippen LogP contribution is -2.50. The number of hydrogen-bond donors (Lipinski definition) is 2. The lowest BCUT2D eigenvalue weighted by Gasteiger charge is -2.36. The number of alkyl halides is 2. The van der Waals surface area contributed by atoms with Crippen LogP contribution in [0.4, 0.5) is 35.7 Å². The SMILES string of the molecule is Cc1ccc(-n2nc(C(C)(CF)CF)cc2NC(=O)Nc2ccc(N3CCN(C(=O)OC(C)(C)C)CC3)nc2C)cc1. The standard InChI is InChI=1S/C30H39F2N7O3/c1-20-7-9-22(10-8-20)39-26(17-24(36-39)30(6,18-31)19-32)35-27(40)34-23-11-12-25(33-21(23)2)37-13-15-38(16-14-37)28(41)42-29(3,4)5/h7-12,17H,13-16,18-19H2,1-6H3,(H2,34,35,40). The van der Waals surface area contributed by atoms with Crippen molar-refractivity contribution in [2.24, 2.45) is 0 Å². The lowest BCUT2D eigenvalue weighted by molar-refractivity contribution is 0.0240. The first-order valence-electron chi connectivity index (χ1n) is 13.9. The zero-order valence-corrected chi connectivity index (χ0v) is 25.0. The summed E-state index contributed by atoms with van der Waals surface area (Å²) in [4.78, 5) is 33.9. The maximum atomic E-state index is 13.8. The van der Waals surface area contributed by atoms with Gasteiger partial charge in [0.25, 0.3) is 0 Å². The quantitative estimate of drug-likeness (QED) is 0.365. The third-order valence-electron chi connectivity index (χ3n) is 7.01. The van der Waals surface area contributed by atoms with Crippen molar-refractivity contribution in [2.75, 3.05) is 55.1 Å². The molecule has 1 saturated heterocycles. The Morgan fingerprint density at radius 1 is 0.929 bits per heavy atom. The van der Waals surface area contributed by atoms with Crippen molar-refractivity contribution in [3.63, 3.8) is 0 Å². The fraction of sp³-hybridized carbons (Fsp3) is 0.467. The van der Waals surface area contributed by atoms with Gasteiger partial charge < -0.3 is 19.9 Å². The molecule has 3 amide bonds. The topological polar surface area (TPSA) is 105 Å². The highest BCUT2D eigenvalue weighted by molar-refractivity contribution is 5.99. The van der Waals surface area contributed by atoms with E-state index < -0.39 is 30.4 Å². The Labute approximate surface area is 245 Å². The summed E-state index contributed by atoms with van der Waals surface area (Å²) < 4.78 is 34.5. The third-order valence-corrected chi connectivity index (χ3v) is 7.01. The van der Waals surface area contributed by atoms with E-state index >= 15 is 0 Å². The minimum Gasteiger partial charge on any atom is -0.444 e. The number of nitrogens with zero attached hydrogens (tertiary/aromatic N) is 5. The van der Waals surface area contributed by atoms with Gasteiger partial charge in [0, 0.05) is 32.2 Å². The minimum absolute atomic E-state index is 0.192. The summed E-state index contributed by atoms with van der Waals surface area (Å²) in [6.07, 6.45) is -0.327. The van der Waals surface area contributed by atoms with Crippen LogP contribution < -0.4 is 15.5 Å². The van der Waals surface area contributed by atoms with Gasteiger partial charge in [-0.05, 0) is 65.8 Å². The predicted octanol–water partition coefficient (Wildman–Crippen LogP) is 5.78. The molecule has 1 aliphatic heterocycles. The molecule has 0 saturated carbocycles. The average molecular weight is 584 g/mol. The number of nitrogens with one attached hydrogen (secondary N) is 2. The normalized spacial score (nSPS) is 14.1. The van der Waals surface area contributed by atoms with Crippen LogP contribution in [0.2, 0.25) is 0 Å². The van der Waals surface area contributed by atoms with E-state index in [1.165, 1.54) is 17.7 Å². The predicted molar refractivity (Wildman–Crippen MR) is 159 cm³/mol. The lowest BCUT2D eigenvalue weighted by atomic mass is 9.90. The summed E-state index contributed by atoms with van der Waals surface area (Å²) in [6, 6.07) is 11.9. The molecule has 10 nitrogen and oxygen atoms in total. The zero-order chi connectivity index (χ0) is 30.7. The Balaban J connectivity index is 1.45. The second-order valence-electron chi connectivity index (χ2n) is 11.8. The van der Waals surface area contributed by atoms with Gasteiger partial charge in [0.2, 0.25) is 0 Å². The highest BCUT2D eigenvalue weighted by atomic mass is 19.1. The molecule has 0 aliphatic carbocycles. The number of ether oxygens (including phenoxy) is 1.